The lowest BCUT2D eigenvalue weighted by atomic mass is 10.0. The second kappa shape index (κ2) is 23.7. The van der Waals surface area contributed by atoms with Crippen LogP contribution < -0.4 is 24.9 Å². The maximum Gasteiger partial charge on any atom is 0.416 e. The van der Waals surface area contributed by atoms with Crippen molar-refractivity contribution in [3.63, 3.8) is 0 Å². The molecule has 2 amide bonds. The number of halogens is 10. The van der Waals surface area contributed by atoms with Gasteiger partial charge < -0.3 is 44.6 Å². The first-order chi connectivity index (χ1) is 35.4. The molecule has 0 bridgehead atoms. The molecule has 8 atom stereocenters. The summed E-state index contributed by atoms with van der Waals surface area (Å²) in [6.45, 7) is 8.05. The predicted molar refractivity (Wildman–Crippen MR) is 257 cm³/mol. The number of ether oxygens (including phenoxy) is 2. The van der Waals surface area contributed by atoms with Gasteiger partial charge in [0.05, 0.1) is 36.5 Å². The smallest absolute Gasteiger partial charge is 0.389 e. The van der Waals surface area contributed by atoms with Gasteiger partial charge in [-0.05, 0) is 109 Å². The van der Waals surface area contributed by atoms with Gasteiger partial charge >= 0.3 is 12.4 Å². The van der Waals surface area contributed by atoms with Crippen molar-refractivity contribution in [1.82, 2.24) is 20.2 Å². The van der Waals surface area contributed by atoms with Crippen LogP contribution in [0.15, 0.2) is 60.7 Å². The van der Waals surface area contributed by atoms with Crippen molar-refractivity contribution in [3.8, 4) is 0 Å². The molecule has 0 saturated carbocycles. The number of hydrogen-bond donors (Lipinski definition) is 3. The zero-order valence-corrected chi connectivity index (χ0v) is 41.8. The molecule has 0 radical (unpaired) electrons. The summed E-state index contributed by atoms with van der Waals surface area (Å²) in [6, 6.07) is 6.87. The minimum Gasteiger partial charge on any atom is -0.389 e. The minimum absolute atomic E-state index is 0.000408. The monoisotopic (exact) mass is 1070 g/mol. The number of benzene rings is 2. The molecule has 6 heterocycles. The van der Waals surface area contributed by atoms with Gasteiger partial charge in [-0.1, -0.05) is 0 Å². The summed E-state index contributed by atoms with van der Waals surface area (Å²) in [6.07, 6.45) is -9.19. The minimum atomic E-state index is -4.61. The Kier molecular flexibility index (Phi) is 18.0. The SMILES string of the molecule is CCN(C(=O)[C@@H]1C[C@H](N(C)[C@@H]2CCOC[C@H]2O)CN1c1cc(C(F)(F)F)cc(C)n1)c1ccc(F)c(F)c1.CCN(C(=O)[C@@H]1C[C@H](N[C@@H]2CCOC[C@H]2O)CN1c1cc(C(F)(F)F)cc(C)n1)c1ccc(F)c(F)c1. The molecule has 2 aromatic heterocycles. The molecule has 410 valence electrons. The summed E-state index contributed by atoms with van der Waals surface area (Å²) in [7, 11) is 1.81. The number of aryl methyl sites for hydroxylation is 2. The maximum atomic E-state index is 14.0. The Morgan fingerprint density at radius 2 is 1.13 bits per heavy atom. The third-order valence-corrected chi connectivity index (χ3v) is 14.0. The Morgan fingerprint density at radius 1 is 0.667 bits per heavy atom. The molecule has 8 rings (SSSR count). The molecule has 4 fully saturated rings. The van der Waals surface area contributed by atoms with Crippen LogP contribution >= 0.6 is 0 Å². The summed E-state index contributed by atoms with van der Waals surface area (Å²) >= 11 is 0. The number of amides is 2. The van der Waals surface area contributed by atoms with E-state index < -0.39 is 82.9 Å². The topological polar surface area (TPSA) is 147 Å². The van der Waals surface area contributed by atoms with Crippen molar-refractivity contribution in [2.75, 3.05) is 79.3 Å². The zero-order valence-electron chi connectivity index (χ0n) is 41.8. The van der Waals surface area contributed by atoms with E-state index in [0.717, 1.165) is 48.5 Å². The Balaban J connectivity index is 0.000000219. The van der Waals surface area contributed by atoms with Crippen LogP contribution in [-0.4, -0.2) is 145 Å². The first-order valence-electron chi connectivity index (χ1n) is 24.6. The highest BCUT2D eigenvalue weighted by Gasteiger charge is 2.46. The van der Waals surface area contributed by atoms with Crippen LogP contribution in [0.25, 0.3) is 0 Å². The van der Waals surface area contributed by atoms with E-state index >= 15 is 0 Å². The van der Waals surface area contributed by atoms with Gasteiger partial charge in [0, 0.05) is 98.5 Å². The highest BCUT2D eigenvalue weighted by Crippen LogP contribution is 2.38. The van der Waals surface area contributed by atoms with E-state index in [1.165, 1.54) is 40.7 Å². The van der Waals surface area contributed by atoms with Gasteiger partial charge in [-0.15, -0.1) is 0 Å². The fourth-order valence-electron chi connectivity index (χ4n) is 10.2. The van der Waals surface area contributed by atoms with Crippen molar-refractivity contribution in [2.45, 2.75) is 114 Å². The van der Waals surface area contributed by atoms with Gasteiger partial charge in [0.2, 0.25) is 11.8 Å². The fourth-order valence-corrected chi connectivity index (χ4v) is 10.2. The van der Waals surface area contributed by atoms with E-state index in [0.29, 0.717) is 26.1 Å². The summed E-state index contributed by atoms with van der Waals surface area (Å²) in [4.78, 5) is 43.8. The third-order valence-electron chi connectivity index (χ3n) is 14.0. The second-order valence-corrected chi connectivity index (χ2v) is 19.1. The molecule has 2 aromatic carbocycles. The zero-order chi connectivity index (χ0) is 54.7. The number of alkyl halides is 6. The van der Waals surface area contributed by atoms with Gasteiger partial charge in [-0.3, -0.25) is 14.5 Å². The quantitative estimate of drug-likeness (QED) is 0.124. The van der Waals surface area contributed by atoms with Crippen molar-refractivity contribution in [3.05, 3.63) is 106 Å². The van der Waals surface area contributed by atoms with Gasteiger partial charge in [-0.2, -0.15) is 26.3 Å². The highest BCUT2D eigenvalue weighted by molar-refractivity contribution is 6.00. The summed E-state index contributed by atoms with van der Waals surface area (Å²) < 4.78 is 147. The first kappa shape index (κ1) is 57.1. The maximum absolute atomic E-state index is 14.0. The third kappa shape index (κ3) is 13.3. The number of likely N-dealkylation sites (N-methyl/N-ethyl adjacent to an activating group) is 3. The number of carbonyl (C=O) groups excluding carboxylic acids is 2. The fraction of sp³-hybridized carbons (Fsp3) is 0.529. The number of nitrogens with zero attached hydrogens (tertiary/aromatic N) is 7. The molecule has 4 aliphatic rings. The number of anilines is 4. The number of aliphatic hydroxyl groups excluding tert-OH is 2. The molecule has 0 aliphatic carbocycles. The average molecular weight is 1070 g/mol. The molecule has 75 heavy (non-hydrogen) atoms. The van der Waals surface area contributed by atoms with E-state index in [1.807, 2.05) is 11.9 Å². The van der Waals surface area contributed by atoms with E-state index in [9.17, 15) is 63.7 Å². The van der Waals surface area contributed by atoms with Crippen LogP contribution in [0.1, 0.15) is 62.0 Å². The summed E-state index contributed by atoms with van der Waals surface area (Å²) in [5, 5.41) is 24.1. The molecular weight excluding hydrogens is 1010 g/mol. The predicted octanol–water partition coefficient (Wildman–Crippen LogP) is 7.20. The van der Waals surface area contributed by atoms with Crippen LogP contribution in [0.2, 0.25) is 0 Å². The lowest BCUT2D eigenvalue weighted by molar-refractivity contribution is -0.138. The molecule has 4 aliphatic heterocycles. The molecule has 0 unspecified atom stereocenters. The normalized spacial score (nSPS) is 24.3. The molecule has 4 aromatic rings. The number of pyridine rings is 2. The summed E-state index contributed by atoms with van der Waals surface area (Å²) in [5.74, 6) is -5.31. The van der Waals surface area contributed by atoms with E-state index in [-0.39, 0.29) is 111 Å². The van der Waals surface area contributed by atoms with E-state index in [2.05, 4.69) is 15.3 Å². The number of aliphatic hydroxyl groups is 2. The largest absolute Gasteiger partial charge is 0.416 e. The van der Waals surface area contributed by atoms with Crippen LogP contribution in [0.4, 0.5) is 66.9 Å². The Morgan fingerprint density at radius 3 is 1.59 bits per heavy atom. The van der Waals surface area contributed by atoms with Gasteiger partial charge in [0.15, 0.2) is 23.3 Å². The van der Waals surface area contributed by atoms with Crippen LogP contribution in [-0.2, 0) is 31.4 Å². The molecular formula is C51H60F10N8O6. The number of nitrogens with one attached hydrogen (secondary N) is 1. The Hall–Kier alpha value is -5.66. The first-order valence-corrected chi connectivity index (χ1v) is 24.6. The molecule has 14 nitrogen and oxygen atoms in total. The highest BCUT2D eigenvalue weighted by atomic mass is 19.4. The Labute approximate surface area is 427 Å². The number of aromatic nitrogens is 2. The van der Waals surface area contributed by atoms with E-state index in [1.54, 1.807) is 18.7 Å². The second-order valence-electron chi connectivity index (χ2n) is 19.1. The van der Waals surface area contributed by atoms with Gasteiger partial charge in [-0.25, -0.2) is 27.5 Å². The number of hydrogen-bond acceptors (Lipinski definition) is 12. The van der Waals surface area contributed by atoms with Crippen molar-refractivity contribution in [2.24, 2.45) is 0 Å². The summed E-state index contributed by atoms with van der Waals surface area (Å²) in [5.41, 5.74) is -1.20. The van der Waals surface area contributed by atoms with Gasteiger partial charge in [0.25, 0.3) is 0 Å². The Bertz CT molecular complexity index is 2650. The van der Waals surface area contributed by atoms with Crippen LogP contribution in [0.3, 0.4) is 0 Å². The standard InChI is InChI=1S/C26H31F5N4O3.C25H29F5N4O3/c1-4-34(17-5-6-19(27)20(28)11-17)25(37)22-12-18(33(3)21-7-8-38-14-23(21)36)13-35(22)24-10-16(26(29,30)31)9-15(2)32-24;1-3-33(17-4-5-18(26)19(27)11-17)24(36)21-10-16(32-20-6-7-37-13-22(20)35)12-34(21)23-9-15(25(28,29)30)8-14(2)31-23/h5-6,9-11,18,21-23,36H,4,7-8,12-14H2,1-3H3;4-5,8-9,11,16,20-22,32,35H,3,6-7,10,12-13H2,1-2H3/t18-,21+,22-,23+;16-,20+,21-,22+/m00/s1. The number of carbonyl (C=O) groups is 2. The van der Waals surface area contributed by atoms with Gasteiger partial charge in [0.1, 0.15) is 23.7 Å². The number of rotatable bonds is 12. The molecule has 3 N–H and O–H groups in total. The van der Waals surface area contributed by atoms with Crippen molar-refractivity contribution < 1.29 is 73.2 Å². The lowest BCUT2D eigenvalue weighted by Gasteiger charge is -2.38. The molecule has 0 spiro atoms. The average Bonchev–Trinajstić information content (AvgIpc) is 4.00. The van der Waals surface area contributed by atoms with Crippen LogP contribution in [0.5, 0.6) is 0 Å². The van der Waals surface area contributed by atoms with Crippen molar-refractivity contribution >= 4 is 34.8 Å². The molecule has 4 saturated heterocycles. The molecule has 24 heteroatoms. The van der Waals surface area contributed by atoms with Crippen molar-refractivity contribution in [1.29, 1.82) is 0 Å². The van der Waals surface area contributed by atoms with Crippen LogP contribution in [0, 0.1) is 37.1 Å². The van der Waals surface area contributed by atoms with E-state index in [4.69, 9.17) is 9.47 Å². The lowest BCUT2D eigenvalue weighted by Crippen LogP contribution is -2.51.